The Balaban J connectivity index is 1.59. The number of fused-ring (bicyclic) bond motifs is 1. The third kappa shape index (κ3) is 9.74. The van der Waals surface area contributed by atoms with Crippen LogP contribution in [0.3, 0.4) is 0 Å². The number of hydrogen-bond donors (Lipinski definition) is 2. The zero-order valence-electron chi connectivity index (χ0n) is 27.0. The van der Waals surface area contributed by atoms with Crippen molar-refractivity contribution in [3.63, 3.8) is 0 Å². The van der Waals surface area contributed by atoms with Crippen LogP contribution in [0.15, 0.2) is 42.7 Å². The van der Waals surface area contributed by atoms with Crippen molar-refractivity contribution in [2.45, 2.75) is 96.9 Å². The van der Waals surface area contributed by atoms with E-state index < -0.39 is 6.04 Å². The molecule has 4 atom stereocenters. The lowest BCUT2D eigenvalue weighted by Gasteiger charge is -2.36. The highest BCUT2D eigenvalue weighted by molar-refractivity contribution is 6.00. The smallest absolute Gasteiger partial charge is 0.258 e. The Morgan fingerprint density at radius 3 is 2.55 bits per heavy atom. The van der Waals surface area contributed by atoms with Gasteiger partial charge in [0.1, 0.15) is 5.75 Å². The zero-order valence-corrected chi connectivity index (χ0v) is 27.0. The topological polar surface area (TPSA) is 104 Å². The second kappa shape index (κ2) is 16.9. The summed E-state index contributed by atoms with van der Waals surface area (Å²) in [4.78, 5) is 35.5. The highest BCUT2D eigenvalue weighted by Gasteiger charge is 2.31. The predicted molar refractivity (Wildman–Crippen MR) is 173 cm³/mol. The number of benzene rings is 1. The second-order valence-electron chi connectivity index (χ2n) is 12.9. The molecule has 1 fully saturated rings. The van der Waals surface area contributed by atoms with Gasteiger partial charge in [-0.2, -0.15) is 0 Å². The van der Waals surface area contributed by atoms with E-state index in [-0.39, 0.29) is 42.5 Å². The third-order valence-corrected chi connectivity index (χ3v) is 8.99. The molecule has 1 aliphatic carbocycles. The number of aromatic nitrogens is 1. The summed E-state index contributed by atoms with van der Waals surface area (Å²) in [6.07, 6.45) is 11.2. The van der Waals surface area contributed by atoms with Gasteiger partial charge in [-0.3, -0.25) is 19.5 Å². The monoisotopic (exact) mass is 608 g/mol. The fourth-order valence-corrected chi connectivity index (χ4v) is 6.24. The molecule has 44 heavy (non-hydrogen) atoms. The average molecular weight is 609 g/mol. The van der Waals surface area contributed by atoms with Crippen LogP contribution in [0.2, 0.25) is 0 Å². The van der Waals surface area contributed by atoms with Crippen molar-refractivity contribution in [1.29, 1.82) is 0 Å². The molecule has 9 nitrogen and oxygen atoms in total. The molecule has 2 aromatic rings. The van der Waals surface area contributed by atoms with Gasteiger partial charge in [-0.15, -0.1) is 0 Å². The largest absolute Gasteiger partial charge is 0.490 e. The lowest BCUT2D eigenvalue weighted by atomic mass is 9.88. The maximum atomic E-state index is 14.3. The summed E-state index contributed by atoms with van der Waals surface area (Å²) in [5.41, 5.74) is 2.17. The van der Waals surface area contributed by atoms with Gasteiger partial charge < -0.3 is 24.8 Å². The summed E-state index contributed by atoms with van der Waals surface area (Å²) < 4.78 is 12.8. The van der Waals surface area contributed by atoms with Gasteiger partial charge in [0.2, 0.25) is 5.91 Å². The summed E-state index contributed by atoms with van der Waals surface area (Å²) in [6, 6.07) is 8.99. The van der Waals surface area contributed by atoms with Crippen LogP contribution in [-0.4, -0.2) is 83.3 Å². The van der Waals surface area contributed by atoms with Crippen molar-refractivity contribution in [3.8, 4) is 5.75 Å². The number of nitrogens with one attached hydrogen (secondary N) is 1. The van der Waals surface area contributed by atoms with E-state index in [9.17, 15) is 14.7 Å². The summed E-state index contributed by atoms with van der Waals surface area (Å²) in [6.45, 7) is 8.33. The van der Waals surface area contributed by atoms with Crippen molar-refractivity contribution in [1.82, 2.24) is 14.8 Å². The van der Waals surface area contributed by atoms with Crippen molar-refractivity contribution >= 4 is 17.5 Å². The van der Waals surface area contributed by atoms with Crippen molar-refractivity contribution in [2.24, 2.45) is 11.8 Å². The maximum absolute atomic E-state index is 14.3. The number of carbonyl (C=O) groups is 2. The molecule has 242 valence electrons. The van der Waals surface area contributed by atoms with Gasteiger partial charge in [-0.25, -0.2) is 0 Å². The number of ether oxygens (including phenoxy) is 2. The number of nitrogens with zero attached hydrogens (tertiary/aromatic N) is 3. The first-order chi connectivity index (χ1) is 21.2. The standard InChI is InChI=1S/C35H52N4O5/c1-25-21-39(26(2)24-40)35(42)31-20-30(37-34(41)29-11-6-5-7-12-29)13-14-32(31)44-27(3)10-8-9-19-43-33(25)23-38(4)22-28-15-17-36-18-16-28/h13-18,20,25-27,29,33,40H,5-12,19,21-24H2,1-4H3,(H,37,41)/t25-,26-,27+,33-/m0/s1. The van der Waals surface area contributed by atoms with Crippen LogP contribution in [0.1, 0.15) is 88.1 Å². The van der Waals surface area contributed by atoms with Crippen LogP contribution in [0.25, 0.3) is 0 Å². The fourth-order valence-electron chi connectivity index (χ4n) is 6.24. The minimum absolute atomic E-state index is 0.00442. The van der Waals surface area contributed by atoms with Gasteiger partial charge in [0.15, 0.2) is 0 Å². The highest BCUT2D eigenvalue weighted by Crippen LogP contribution is 2.30. The van der Waals surface area contributed by atoms with E-state index in [0.717, 1.165) is 51.5 Å². The Labute approximate surface area is 263 Å². The van der Waals surface area contributed by atoms with Crippen LogP contribution in [0, 0.1) is 11.8 Å². The molecule has 0 spiro atoms. The Bertz CT molecular complexity index is 1190. The van der Waals surface area contributed by atoms with Crippen LogP contribution in [0.4, 0.5) is 5.69 Å². The lowest BCUT2D eigenvalue weighted by molar-refractivity contribution is -0.120. The van der Waals surface area contributed by atoms with E-state index in [1.165, 1.54) is 12.0 Å². The van der Waals surface area contributed by atoms with Gasteiger partial charge in [0, 0.05) is 56.2 Å². The number of aliphatic hydroxyl groups is 1. The number of hydrogen-bond acceptors (Lipinski definition) is 7. The average Bonchev–Trinajstić information content (AvgIpc) is 3.03. The molecule has 0 saturated heterocycles. The fraction of sp³-hybridized carbons (Fsp3) is 0.629. The Morgan fingerprint density at radius 2 is 1.82 bits per heavy atom. The number of pyridine rings is 1. The molecule has 1 aromatic heterocycles. The number of rotatable bonds is 8. The summed E-state index contributed by atoms with van der Waals surface area (Å²) in [7, 11) is 2.08. The first-order valence-electron chi connectivity index (χ1n) is 16.5. The van der Waals surface area contributed by atoms with Gasteiger partial charge >= 0.3 is 0 Å². The molecule has 2 amide bonds. The predicted octanol–water partition coefficient (Wildman–Crippen LogP) is 5.53. The molecular weight excluding hydrogens is 556 g/mol. The van der Waals surface area contributed by atoms with Crippen LogP contribution in [-0.2, 0) is 16.1 Å². The van der Waals surface area contributed by atoms with Crippen molar-refractivity contribution in [2.75, 3.05) is 38.7 Å². The molecule has 1 aromatic carbocycles. The van der Waals surface area contributed by atoms with Gasteiger partial charge in [-0.1, -0.05) is 26.2 Å². The number of anilines is 1. The Kier molecular flexibility index (Phi) is 13.0. The maximum Gasteiger partial charge on any atom is 0.258 e. The van der Waals surface area contributed by atoms with Crippen molar-refractivity contribution in [3.05, 3.63) is 53.9 Å². The van der Waals surface area contributed by atoms with Crippen molar-refractivity contribution < 1.29 is 24.2 Å². The Hall–Kier alpha value is -3.01. The molecule has 2 aliphatic rings. The minimum Gasteiger partial charge on any atom is -0.490 e. The van der Waals surface area contributed by atoms with E-state index in [1.807, 2.05) is 32.0 Å². The van der Waals surface area contributed by atoms with E-state index >= 15 is 0 Å². The minimum atomic E-state index is -0.418. The zero-order chi connectivity index (χ0) is 31.5. The van der Waals surface area contributed by atoms with E-state index in [0.29, 0.717) is 36.7 Å². The van der Waals surface area contributed by atoms with Crippen LogP contribution < -0.4 is 10.1 Å². The molecule has 2 heterocycles. The summed E-state index contributed by atoms with van der Waals surface area (Å²) in [5.74, 6) is 0.286. The number of carbonyl (C=O) groups excluding carboxylic acids is 2. The first-order valence-corrected chi connectivity index (χ1v) is 16.5. The Morgan fingerprint density at radius 1 is 1.09 bits per heavy atom. The third-order valence-electron chi connectivity index (χ3n) is 8.99. The van der Waals surface area contributed by atoms with Gasteiger partial charge in [-0.05, 0) is 88.9 Å². The number of aliphatic hydroxyl groups excluding tert-OH is 1. The number of amides is 2. The molecule has 0 unspecified atom stereocenters. The van der Waals surface area contributed by atoms with Crippen LogP contribution in [0.5, 0.6) is 5.75 Å². The number of likely N-dealkylation sites (N-methyl/N-ethyl adjacent to an activating group) is 1. The summed E-state index contributed by atoms with van der Waals surface area (Å²) >= 11 is 0. The second-order valence-corrected chi connectivity index (χ2v) is 12.9. The molecule has 1 saturated carbocycles. The molecule has 9 heteroatoms. The van der Waals surface area contributed by atoms with Crippen LogP contribution >= 0.6 is 0 Å². The van der Waals surface area contributed by atoms with E-state index in [4.69, 9.17) is 9.47 Å². The van der Waals surface area contributed by atoms with Gasteiger partial charge in [0.25, 0.3) is 5.91 Å². The molecule has 0 bridgehead atoms. The SMILES string of the molecule is C[C@@H]1CCCCO[C@@H](CN(C)Cc2ccncc2)[C@@H](C)CN([C@@H](C)CO)C(=O)c2cc(NC(=O)C3CCCCC3)ccc2O1. The normalized spacial score (nSPS) is 23.4. The molecule has 2 N–H and O–H groups in total. The van der Waals surface area contributed by atoms with E-state index in [2.05, 4.69) is 29.2 Å². The molecular formula is C35H52N4O5. The molecule has 0 radical (unpaired) electrons. The summed E-state index contributed by atoms with van der Waals surface area (Å²) in [5, 5.41) is 13.3. The van der Waals surface area contributed by atoms with Gasteiger partial charge in [0.05, 0.1) is 30.4 Å². The first kappa shape index (κ1) is 33.9. The highest BCUT2D eigenvalue weighted by atomic mass is 16.5. The van der Waals surface area contributed by atoms with E-state index in [1.54, 1.807) is 29.4 Å². The molecule has 4 rings (SSSR count). The molecule has 1 aliphatic heterocycles. The lowest BCUT2D eigenvalue weighted by Crippen LogP contribution is -2.47. The quantitative estimate of drug-likeness (QED) is 0.406.